The highest BCUT2D eigenvalue weighted by Gasteiger charge is 2.11. The maximum Gasteiger partial charge on any atom is 0.325 e. The molecule has 0 aliphatic rings. The SMILES string of the molecule is CCCOc1ccc(-c2nnc(NC(=O)Nc3ccccc3F)s2)cc1. The third-order valence-electron chi connectivity index (χ3n) is 3.34. The van der Waals surface area contributed by atoms with E-state index in [2.05, 4.69) is 20.8 Å². The number of amides is 2. The topological polar surface area (TPSA) is 76.1 Å². The molecule has 2 amide bonds. The molecule has 26 heavy (non-hydrogen) atoms. The second kappa shape index (κ2) is 8.39. The number of hydrogen-bond donors (Lipinski definition) is 2. The van der Waals surface area contributed by atoms with Gasteiger partial charge in [-0.25, -0.2) is 9.18 Å². The number of halogens is 1. The number of carbonyl (C=O) groups excluding carboxylic acids is 1. The van der Waals surface area contributed by atoms with Crippen LogP contribution in [-0.4, -0.2) is 22.8 Å². The summed E-state index contributed by atoms with van der Waals surface area (Å²) in [5, 5.41) is 14.0. The number of aromatic nitrogens is 2. The zero-order valence-corrected chi connectivity index (χ0v) is 14.8. The standard InChI is InChI=1S/C18H17FN4O2S/c1-2-11-25-13-9-7-12(8-10-13)16-22-23-18(26-16)21-17(24)20-15-6-4-3-5-14(15)19/h3-10H,2,11H2,1H3,(H2,20,21,23,24). The molecule has 8 heteroatoms. The van der Waals surface area contributed by atoms with Crippen LogP contribution in [0.1, 0.15) is 13.3 Å². The number of nitrogens with zero attached hydrogens (tertiary/aromatic N) is 2. The lowest BCUT2D eigenvalue weighted by Crippen LogP contribution is -2.19. The molecule has 0 saturated carbocycles. The maximum atomic E-state index is 13.5. The van der Waals surface area contributed by atoms with Crippen molar-refractivity contribution in [1.82, 2.24) is 10.2 Å². The fourth-order valence-corrected chi connectivity index (χ4v) is 2.86. The van der Waals surface area contributed by atoms with Crippen LogP contribution < -0.4 is 15.4 Å². The van der Waals surface area contributed by atoms with Gasteiger partial charge in [0.25, 0.3) is 0 Å². The number of para-hydroxylation sites is 1. The molecule has 2 N–H and O–H groups in total. The van der Waals surface area contributed by atoms with E-state index in [0.717, 1.165) is 17.7 Å². The summed E-state index contributed by atoms with van der Waals surface area (Å²) >= 11 is 1.22. The molecule has 0 radical (unpaired) electrons. The van der Waals surface area contributed by atoms with Crippen LogP contribution in [0.4, 0.5) is 20.0 Å². The highest BCUT2D eigenvalue weighted by molar-refractivity contribution is 7.18. The van der Waals surface area contributed by atoms with Gasteiger partial charge in [-0.2, -0.15) is 0 Å². The summed E-state index contributed by atoms with van der Waals surface area (Å²) in [6.45, 7) is 2.72. The largest absolute Gasteiger partial charge is 0.494 e. The van der Waals surface area contributed by atoms with Crippen LogP contribution in [0.3, 0.4) is 0 Å². The second-order valence-electron chi connectivity index (χ2n) is 5.34. The Morgan fingerprint density at radius 3 is 2.62 bits per heavy atom. The minimum atomic E-state index is -0.582. The van der Waals surface area contributed by atoms with E-state index < -0.39 is 11.8 Å². The number of carbonyl (C=O) groups is 1. The molecule has 2 aromatic carbocycles. The van der Waals surface area contributed by atoms with Gasteiger partial charge in [-0.05, 0) is 42.8 Å². The number of rotatable bonds is 6. The Bertz CT molecular complexity index is 883. The molecular weight excluding hydrogens is 355 g/mol. The van der Waals surface area contributed by atoms with Crippen molar-refractivity contribution in [1.29, 1.82) is 0 Å². The molecule has 0 fully saturated rings. The van der Waals surface area contributed by atoms with E-state index in [9.17, 15) is 9.18 Å². The van der Waals surface area contributed by atoms with Crippen LogP contribution in [0.5, 0.6) is 5.75 Å². The van der Waals surface area contributed by atoms with Crippen molar-refractivity contribution in [2.24, 2.45) is 0 Å². The summed E-state index contributed by atoms with van der Waals surface area (Å²) in [4.78, 5) is 12.0. The fraction of sp³-hybridized carbons (Fsp3) is 0.167. The number of ether oxygens (including phenoxy) is 1. The van der Waals surface area contributed by atoms with Gasteiger partial charge in [0.15, 0.2) is 0 Å². The van der Waals surface area contributed by atoms with E-state index in [0.29, 0.717) is 16.7 Å². The monoisotopic (exact) mass is 372 g/mol. The molecule has 6 nitrogen and oxygen atoms in total. The van der Waals surface area contributed by atoms with Gasteiger partial charge in [0, 0.05) is 5.56 Å². The van der Waals surface area contributed by atoms with Crippen LogP contribution in [0.25, 0.3) is 10.6 Å². The van der Waals surface area contributed by atoms with Gasteiger partial charge >= 0.3 is 6.03 Å². The van der Waals surface area contributed by atoms with Crippen molar-refractivity contribution in [3.05, 3.63) is 54.3 Å². The van der Waals surface area contributed by atoms with Crippen molar-refractivity contribution in [3.8, 4) is 16.3 Å². The molecule has 0 saturated heterocycles. The second-order valence-corrected chi connectivity index (χ2v) is 6.32. The van der Waals surface area contributed by atoms with E-state index in [-0.39, 0.29) is 5.69 Å². The fourth-order valence-electron chi connectivity index (χ4n) is 2.12. The average molecular weight is 372 g/mol. The molecule has 0 aliphatic carbocycles. The average Bonchev–Trinajstić information content (AvgIpc) is 3.10. The highest BCUT2D eigenvalue weighted by Crippen LogP contribution is 2.28. The first-order valence-corrected chi connectivity index (χ1v) is 8.86. The molecule has 0 aliphatic heterocycles. The molecule has 0 atom stereocenters. The van der Waals surface area contributed by atoms with Crippen molar-refractivity contribution < 1.29 is 13.9 Å². The smallest absolute Gasteiger partial charge is 0.325 e. The molecular formula is C18H17FN4O2S. The summed E-state index contributed by atoms with van der Waals surface area (Å²) in [6, 6.07) is 12.8. The van der Waals surface area contributed by atoms with Crippen LogP contribution in [0.2, 0.25) is 0 Å². The Labute approximate surface area is 154 Å². The molecule has 134 valence electrons. The van der Waals surface area contributed by atoms with Gasteiger partial charge in [0.2, 0.25) is 5.13 Å². The van der Waals surface area contributed by atoms with Crippen LogP contribution in [0, 0.1) is 5.82 Å². The van der Waals surface area contributed by atoms with Gasteiger partial charge in [-0.3, -0.25) is 5.32 Å². The van der Waals surface area contributed by atoms with Gasteiger partial charge in [0.1, 0.15) is 16.6 Å². The Morgan fingerprint density at radius 1 is 1.12 bits per heavy atom. The summed E-state index contributed by atoms with van der Waals surface area (Å²) in [7, 11) is 0. The Morgan fingerprint density at radius 2 is 1.88 bits per heavy atom. The van der Waals surface area contributed by atoms with Crippen LogP contribution in [-0.2, 0) is 0 Å². The molecule has 3 aromatic rings. The predicted octanol–water partition coefficient (Wildman–Crippen LogP) is 4.78. The number of nitrogens with one attached hydrogen (secondary N) is 2. The number of benzene rings is 2. The Hall–Kier alpha value is -3.00. The van der Waals surface area contributed by atoms with E-state index in [1.807, 2.05) is 31.2 Å². The lowest BCUT2D eigenvalue weighted by Gasteiger charge is -2.05. The number of anilines is 2. The zero-order valence-electron chi connectivity index (χ0n) is 14.0. The van der Waals surface area contributed by atoms with Crippen molar-refractivity contribution in [3.63, 3.8) is 0 Å². The first-order chi connectivity index (χ1) is 12.7. The first kappa shape index (κ1) is 17.8. The normalized spacial score (nSPS) is 10.4. The highest BCUT2D eigenvalue weighted by atomic mass is 32.1. The Balaban J connectivity index is 1.62. The zero-order chi connectivity index (χ0) is 18.4. The summed E-state index contributed by atoms with van der Waals surface area (Å²) in [5.74, 6) is 0.286. The Kier molecular flexibility index (Phi) is 5.75. The summed E-state index contributed by atoms with van der Waals surface area (Å²) in [6.07, 6.45) is 0.947. The quantitative estimate of drug-likeness (QED) is 0.653. The van der Waals surface area contributed by atoms with E-state index in [1.165, 1.54) is 23.5 Å². The van der Waals surface area contributed by atoms with Crippen LogP contribution in [0.15, 0.2) is 48.5 Å². The van der Waals surface area contributed by atoms with E-state index >= 15 is 0 Å². The number of hydrogen-bond acceptors (Lipinski definition) is 5. The minimum Gasteiger partial charge on any atom is -0.494 e. The molecule has 0 bridgehead atoms. The van der Waals surface area contributed by atoms with Crippen molar-refractivity contribution in [2.45, 2.75) is 13.3 Å². The van der Waals surface area contributed by atoms with Gasteiger partial charge in [-0.1, -0.05) is 30.4 Å². The molecule has 1 heterocycles. The lowest BCUT2D eigenvalue weighted by atomic mass is 10.2. The maximum absolute atomic E-state index is 13.5. The summed E-state index contributed by atoms with van der Waals surface area (Å²) < 4.78 is 19.1. The number of urea groups is 1. The molecule has 0 unspecified atom stereocenters. The third kappa shape index (κ3) is 4.54. The van der Waals surface area contributed by atoms with Gasteiger partial charge in [0.05, 0.1) is 12.3 Å². The van der Waals surface area contributed by atoms with Crippen molar-refractivity contribution >= 4 is 28.2 Å². The van der Waals surface area contributed by atoms with E-state index in [1.54, 1.807) is 12.1 Å². The van der Waals surface area contributed by atoms with Crippen LogP contribution >= 0.6 is 11.3 Å². The third-order valence-corrected chi connectivity index (χ3v) is 4.23. The van der Waals surface area contributed by atoms with E-state index in [4.69, 9.17) is 4.74 Å². The predicted molar refractivity (Wildman–Crippen MR) is 100 cm³/mol. The first-order valence-electron chi connectivity index (χ1n) is 8.05. The van der Waals surface area contributed by atoms with Gasteiger partial charge < -0.3 is 10.1 Å². The minimum absolute atomic E-state index is 0.0948. The van der Waals surface area contributed by atoms with Crippen molar-refractivity contribution in [2.75, 3.05) is 17.2 Å². The lowest BCUT2D eigenvalue weighted by molar-refractivity contribution is 0.262. The molecule has 3 rings (SSSR count). The molecule has 0 spiro atoms. The van der Waals surface area contributed by atoms with Gasteiger partial charge in [-0.15, -0.1) is 10.2 Å². The summed E-state index contributed by atoms with van der Waals surface area (Å²) in [5.41, 5.74) is 0.964. The molecule has 1 aromatic heterocycles.